The van der Waals surface area contributed by atoms with Crippen LogP contribution in [-0.4, -0.2) is 24.0 Å². The molecular weight excluding hydrogens is 518 g/mol. The Labute approximate surface area is 209 Å². The number of rotatable bonds is 5. The zero-order chi connectivity index (χ0) is 24.2. The Bertz CT molecular complexity index is 1380. The Kier molecular flexibility index (Phi) is 6.95. The first kappa shape index (κ1) is 23.5. The van der Waals surface area contributed by atoms with E-state index in [-0.39, 0.29) is 22.7 Å². The first-order valence-electron chi connectivity index (χ1n) is 10.2. The fourth-order valence-corrected chi connectivity index (χ4v) is 4.06. The van der Waals surface area contributed by atoms with Gasteiger partial charge in [-0.1, -0.05) is 18.2 Å². The van der Waals surface area contributed by atoms with Gasteiger partial charge in [0.2, 0.25) is 0 Å². The molecule has 0 aliphatic heterocycles. The SMILES string of the molecule is COc1ccc(C(=O)NC(=S)Nc2ccc(NC(=O)c3cc4ccccc4o3)c(C)c2)cc1Br. The lowest BCUT2D eigenvalue weighted by molar-refractivity contribution is 0.0975. The van der Waals surface area contributed by atoms with Gasteiger partial charge in [0.1, 0.15) is 11.3 Å². The van der Waals surface area contributed by atoms with Crippen molar-refractivity contribution < 1.29 is 18.7 Å². The standard InChI is InChI=1S/C25H20BrN3O4S/c1-14-11-17(27-25(34)29-23(30)16-7-10-21(32-2)18(26)12-16)8-9-19(14)28-24(31)22-13-15-5-3-4-6-20(15)33-22/h3-13H,1-2H3,(H,28,31)(H2,27,29,30,34). The number of ether oxygens (including phenoxy) is 1. The molecule has 0 fully saturated rings. The Morgan fingerprint density at radius 2 is 1.76 bits per heavy atom. The molecule has 1 heterocycles. The van der Waals surface area contributed by atoms with Gasteiger partial charge in [0, 0.05) is 22.3 Å². The number of carbonyl (C=O) groups is 2. The van der Waals surface area contributed by atoms with Gasteiger partial charge in [0.25, 0.3) is 11.8 Å². The number of aryl methyl sites for hydroxylation is 1. The molecule has 3 aromatic carbocycles. The highest BCUT2D eigenvalue weighted by atomic mass is 79.9. The van der Waals surface area contributed by atoms with Gasteiger partial charge in [-0.3, -0.25) is 14.9 Å². The lowest BCUT2D eigenvalue weighted by Gasteiger charge is -2.13. The van der Waals surface area contributed by atoms with E-state index in [1.54, 1.807) is 43.5 Å². The highest BCUT2D eigenvalue weighted by molar-refractivity contribution is 9.10. The van der Waals surface area contributed by atoms with Crippen LogP contribution in [0, 0.1) is 6.92 Å². The average molecular weight is 538 g/mol. The minimum absolute atomic E-state index is 0.149. The summed E-state index contributed by atoms with van der Waals surface area (Å²) in [6.45, 7) is 1.86. The number of furan rings is 1. The van der Waals surface area contributed by atoms with Crippen molar-refractivity contribution in [3.8, 4) is 5.75 Å². The fraction of sp³-hybridized carbons (Fsp3) is 0.0800. The molecule has 0 aliphatic rings. The zero-order valence-electron chi connectivity index (χ0n) is 18.3. The van der Waals surface area contributed by atoms with Crippen LogP contribution in [0.4, 0.5) is 11.4 Å². The summed E-state index contributed by atoms with van der Waals surface area (Å²) in [4.78, 5) is 25.1. The molecule has 0 atom stereocenters. The van der Waals surface area contributed by atoms with Crippen LogP contribution in [0.5, 0.6) is 5.75 Å². The van der Waals surface area contributed by atoms with Gasteiger partial charge >= 0.3 is 0 Å². The number of hydrogen-bond acceptors (Lipinski definition) is 5. The molecule has 34 heavy (non-hydrogen) atoms. The highest BCUT2D eigenvalue weighted by Gasteiger charge is 2.14. The summed E-state index contributed by atoms with van der Waals surface area (Å²) in [6.07, 6.45) is 0. The second kappa shape index (κ2) is 10.1. The Hall–Kier alpha value is -3.69. The number of halogens is 1. The molecule has 0 radical (unpaired) electrons. The number of fused-ring (bicyclic) bond motifs is 1. The summed E-state index contributed by atoms with van der Waals surface area (Å²) in [6, 6.07) is 19.5. The Balaban J connectivity index is 1.38. The van der Waals surface area contributed by atoms with Gasteiger partial charge in [-0.25, -0.2) is 0 Å². The van der Waals surface area contributed by atoms with Gasteiger partial charge in [-0.15, -0.1) is 0 Å². The molecule has 0 saturated carbocycles. The van der Waals surface area contributed by atoms with Crippen molar-refractivity contribution >= 4 is 67.4 Å². The predicted octanol–water partition coefficient (Wildman–Crippen LogP) is 5.89. The summed E-state index contributed by atoms with van der Waals surface area (Å²) >= 11 is 8.64. The van der Waals surface area contributed by atoms with E-state index in [9.17, 15) is 9.59 Å². The number of carbonyl (C=O) groups excluding carboxylic acids is 2. The third-order valence-corrected chi connectivity index (χ3v) is 5.85. The van der Waals surface area contributed by atoms with E-state index in [2.05, 4.69) is 31.9 Å². The number of benzene rings is 3. The van der Waals surface area contributed by atoms with Gasteiger partial charge in [-0.05, 0) is 89.2 Å². The van der Waals surface area contributed by atoms with Crippen LogP contribution in [0.3, 0.4) is 0 Å². The summed E-state index contributed by atoms with van der Waals surface area (Å²) in [5.74, 6) is 0.165. The number of hydrogen-bond donors (Lipinski definition) is 3. The van der Waals surface area contributed by atoms with Gasteiger partial charge in [-0.2, -0.15) is 0 Å². The number of para-hydroxylation sites is 1. The summed E-state index contributed by atoms with van der Waals surface area (Å²) in [5.41, 5.74) is 3.19. The van der Waals surface area contributed by atoms with E-state index >= 15 is 0 Å². The molecule has 7 nitrogen and oxygen atoms in total. The van der Waals surface area contributed by atoms with Crippen LogP contribution in [0.15, 0.2) is 75.6 Å². The fourth-order valence-electron chi connectivity index (χ4n) is 3.30. The summed E-state index contributed by atoms with van der Waals surface area (Å²) in [5, 5.41) is 9.50. The van der Waals surface area contributed by atoms with Crippen LogP contribution >= 0.6 is 28.1 Å². The Morgan fingerprint density at radius 1 is 0.971 bits per heavy atom. The Morgan fingerprint density at radius 3 is 2.47 bits per heavy atom. The van der Waals surface area contributed by atoms with Crippen LogP contribution in [0.1, 0.15) is 26.5 Å². The maximum atomic E-state index is 12.6. The number of amides is 2. The van der Waals surface area contributed by atoms with E-state index in [1.165, 1.54) is 0 Å². The van der Waals surface area contributed by atoms with Crippen molar-refractivity contribution in [2.45, 2.75) is 6.92 Å². The van der Waals surface area contributed by atoms with Gasteiger partial charge in [0.15, 0.2) is 10.9 Å². The van der Waals surface area contributed by atoms with Crippen LogP contribution in [-0.2, 0) is 0 Å². The van der Waals surface area contributed by atoms with E-state index in [4.69, 9.17) is 21.4 Å². The normalized spacial score (nSPS) is 10.6. The minimum atomic E-state index is -0.354. The highest BCUT2D eigenvalue weighted by Crippen LogP contribution is 2.26. The van der Waals surface area contributed by atoms with Crippen molar-refractivity contribution in [3.63, 3.8) is 0 Å². The molecule has 172 valence electrons. The number of anilines is 2. The van der Waals surface area contributed by atoms with Crippen molar-refractivity contribution in [3.05, 3.63) is 88.1 Å². The van der Waals surface area contributed by atoms with Gasteiger partial charge in [0.05, 0.1) is 11.6 Å². The molecule has 3 N–H and O–H groups in total. The van der Waals surface area contributed by atoms with E-state index in [0.717, 1.165) is 10.9 Å². The third-order valence-electron chi connectivity index (χ3n) is 5.02. The predicted molar refractivity (Wildman–Crippen MR) is 140 cm³/mol. The van der Waals surface area contributed by atoms with E-state index < -0.39 is 0 Å². The molecule has 0 bridgehead atoms. The zero-order valence-corrected chi connectivity index (χ0v) is 20.7. The number of thiocarbonyl (C=S) groups is 1. The number of nitrogens with one attached hydrogen (secondary N) is 3. The molecule has 2 amide bonds. The van der Waals surface area contributed by atoms with Crippen molar-refractivity contribution in [1.29, 1.82) is 0 Å². The minimum Gasteiger partial charge on any atom is -0.496 e. The lowest BCUT2D eigenvalue weighted by atomic mass is 10.1. The lowest BCUT2D eigenvalue weighted by Crippen LogP contribution is -2.34. The topological polar surface area (TPSA) is 92.6 Å². The summed E-state index contributed by atoms with van der Waals surface area (Å²) < 4.78 is 11.5. The first-order chi connectivity index (χ1) is 16.3. The smallest absolute Gasteiger partial charge is 0.291 e. The van der Waals surface area contributed by atoms with Crippen molar-refractivity contribution in [2.24, 2.45) is 0 Å². The van der Waals surface area contributed by atoms with Crippen molar-refractivity contribution in [2.75, 3.05) is 17.7 Å². The molecule has 4 aromatic rings. The van der Waals surface area contributed by atoms with Gasteiger partial charge < -0.3 is 19.8 Å². The van der Waals surface area contributed by atoms with E-state index in [0.29, 0.717) is 32.7 Å². The molecule has 9 heteroatoms. The quantitative estimate of drug-likeness (QED) is 0.275. The number of methoxy groups -OCH3 is 1. The molecule has 0 aliphatic carbocycles. The van der Waals surface area contributed by atoms with Crippen LogP contribution in [0.25, 0.3) is 11.0 Å². The molecule has 0 unspecified atom stereocenters. The molecule has 1 aromatic heterocycles. The van der Waals surface area contributed by atoms with Crippen LogP contribution in [0.2, 0.25) is 0 Å². The maximum absolute atomic E-state index is 12.6. The van der Waals surface area contributed by atoms with Crippen molar-refractivity contribution in [1.82, 2.24) is 5.32 Å². The monoisotopic (exact) mass is 537 g/mol. The average Bonchev–Trinajstić information content (AvgIpc) is 3.25. The second-order valence-electron chi connectivity index (χ2n) is 7.39. The third kappa shape index (κ3) is 5.27. The molecule has 4 rings (SSSR count). The molecule has 0 spiro atoms. The molecular formula is C25H20BrN3O4S. The first-order valence-corrected chi connectivity index (χ1v) is 11.4. The molecule has 0 saturated heterocycles. The van der Waals surface area contributed by atoms with E-state index in [1.807, 2.05) is 37.3 Å². The largest absolute Gasteiger partial charge is 0.496 e. The maximum Gasteiger partial charge on any atom is 0.291 e. The summed E-state index contributed by atoms with van der Waals surface area (Å²) in [7, 11) is 1.55. The van der Waals surface area contributed by atoms with Crippen LogP contribution < -0.4 is 20.7 Å². The second-order valence-corrected chi connectivity index (χ2v) is 8.65.